The van der Waals surface area contributed by atoms with Gasteiger partial charge in [-0.25, -0.2) is 9.59 Å². The maximum atomic E-state index is 13.2. The van der Waals surface area contributed by atoms with Gasteiger partial charge in [0.1, 0.15) is 6.04 Å². The molecule has 1 aliphatic heterocycles. The van der Waals surface area contributed by atoms with E-state index in [1.54, 1.807) is 9.13 Å². The van der Waals surface area contributed by atoms with Gasteiger partial charge in [-0.2, -0.15) is 0 Å². The summed E-state index contributed by atoms with van der Waals surface area (Å²) < 4.78 is 8.85. The lowest BCUT2D eigenvalue weighted by molar-refractivity contribution is -0.150. The first-order valence-corrected chi connectivity index (χ1v) is 13.2. The van der Waals surface area contributed by atoms with Crippen LogP contribution in [0.2, 0.25) is 0 Å². The van der Waals surface area contributed by atoms with Crippen LogP contribution in [0, 0.1) is 0 Å². The Bertz CT molecular complexity index is 1390. The smallest absolute Gasteiger partial charge is 0.333 e. The second kappa shape index (κ2) is 11.5. The lowest BCUT2D eigenvalue weighted by Crippen LogP contribution is -2.49. The summed E-state index contributed by atoms with van der Waals surface area (Å²) >= 11 is 0. The highest BCUT2D eigenvalue weighted by Crippen LogP contribution is 2.26. The Kier molecular flexibility index (Phi) is 7.75. The van der Waals surface area contributed by atoms with Gasteiger partial charge in [0.2, 0.25) is 0 Å². The van der Waals surface area contributed by atoms with Crippen LogP contribution in [-0.4, -0.2) is 52.8 Å². The van der Waals surface area contributed by atoms with Gasteiger partial charge in [0.05, 0.1) is 18.3 Å². The fraction of sp³-hybridized carbons (Fsp3) is 0.290. The lowest BCUT2D eigenvalue weighted by atomic mass is 10.0. The van der Waals surface area contributed by atoms with Crippen LogP contribution in [0.25, 0.3) is 5.69 Å². The van der Waals surface area contributed by atoms with Gasteiger partial charge in [0, 0.05) is 44.3 Å². The quantitative estimate of drug-likeness (QED) is 0.322. The van der Waals surface area contributed by atoms with Crippen molar-refractivity contribution < 1.29 is 9.53 Å². The number of rotatable bonds is 8. The first-order valence-electron chi connectivity index (χ1n) is 13.2. The second-order valence-corrected chi connectivity index (χ2v) is 9.55. The largest absolute Gasteiger partial charge is 0.465 e. The van der Waals surface area contributed by atoms with Crippen LogP contribution < -0.4 is 10.6 Å². The summed E-state index contributed by atoms with van der Waals surface area (Å²) in [7, 11) is 0. The summed E-state index contributed by atoms with van der Waals surface area (Å²) in [6, 6.07) is 27.6. The van der Waals surface area contributed by atoms with Crippen molar-refractivity contribution >= 4 is 11.7 Å². The number of aromatic nitrogens is 2. The molecular weight excluding hydrogens is 476 g/mol. The van der Waals surface area contributed by atoms with Crippen LogP contribution in [-0.2, 0) is 9.53 Å². The summed E-state index contributed by atoms with van der Waals surface area (Å²) in [4.78, 5) is 30.5. The molecule has 0 amide bonds. The van der Waals surface area contributed by atoms with Crippen molar-refractivity contribution in [2.45, 2.75) is 25.9 Å². The molecule has 38 heavy (non-hydrogen) atoms. The van der Waals surface area contributed by atoms with E-state index in [0.29, 0.717) is 6.61 Å². The van der Waals surface area contributed by atoms with Crippen molar-refractivity contribution in [3.05, 3.63) is 119 Å². The number of piperazine rings is 1. The monoisotopic (exact) mass is 510 g/mol. The summed E-state index contributed by atoms with van der Waals surface area (Å²) in [5.74, 6) is -0.199. The van der Waals surface area contributed by atoms with Gasteiger partial charge < -0.3 is 9.64 Å². The molecule has 7 heteroatoms. The molecule has 0 saturated carbocycles. The molecule has 0 spiro atoms. The minimum Gasteiger partial charge on any atom is -0.465 e. The molecule has 0 radical (unpaired) electrons. The Morgan fingerprint density at radius 2 is 1.37 bits per heavy atom. The Labute approximate surface area is 223 Å². The Morgan fingerprint density at radius 3 is 1.97 bits per heavy atom. The van der Waals surface area contributed by atoms with E-state index in [9.17, 15) is 9.59 Å². The molecule has 2 atom stereocenters. The maximum absolute atomic E-state index is 13.2. The second-order valence-electron chi connectivity index (χ2n) is 9.55. The van der Waals surface area contributed by atoms with Crippen LogP contribution >= 0.6 is 0 Å². The molecule has 0 aliphatic carbocycles. The summed E-state index contributed by atoms with van der Waals surface area (Å²) in [5, 5.41) is 0. The third kappa shape index (κ3) is 5.29. The molecule has 2 heterocycles. The minimum atomic E-state index is -0.394. The fourth-order valence-electron chi connectivity index (χ4n) is 5.19. The van der Waals surface area contributed by atoms with Gasteiger partial charge >= 0.3 is 11.7 Å². The number of ether oxygens (including phenoxy) is 1. The Morgan fingerprint density at radius 1 is 0.789 bits per heavy atom. The van der Waals surface area contributed by atoms with E-state index in [1.807, 2.05) is 99.0 Å². The number of esters is 1. The first kappa shape index (κ1) is 25.5. The molecule has 1 aliphatic rings. The predicted molar refractivity (Wildman–Crippen MR) is 150 cm³/mol. The number of hydrogen-bond acceptors (Lipinski definition) is 5. The van der Waals surface area contributed by atoms with Gasteiger partial charge in [-0.1, -0.05) is 60.7 Å². The van der Waals surface area contributed by atoms with Gasteiger partial charge in [0.25, 0.3) is 0 Å². The summed E-state index contributed by atoms with van der Waals surface area (Å²) in [6.07, 6.45) is 3.68. The van der Waals surface area contributed by atoms with Gasteiger partial charge in [-0.05, 0) is 49.2 Å². The number of carbonyl (C=O) groups excluding carboxylic acids is 1. The number of benzene rings is 3. The van der Waals surface area contributed by atoms with E-state index in [0.717, 1.165) is 48.7 Å². The number of hydrogen-bond donors (Lipinski definition) is 0. The van der Waals surface area contributed by atoms with Gasteiger partial charge in [-0.3, -0.25) is 14.0 Å². The molecule has 3 aromatic carbocycles. The topological polar surface area (TPSA) is 59.7 Å². The lowest BCUT2D eigenvalue weighted by Gasteiger charge is -2.39. The van der Waals surface area contributed by atoms with E-state index in [-0.39, 0.29) is 17.7 Å². The molecule has 1 fully saturated rings. The molecule has 0 bridgehead atoms. The van der Waals surface area contributed by atoms with Gasteiger partial charge in [-0.15, -0.1) is 0 Å². The average Bonchev–Trinajstić information content (AvgIpc) is 3.35. The van der Waals surface area contributed by atoms with Crippen molar-refractivity contribution in [3.8, 4) is 5.69 Å². The third-order valence-corrected chi connectivity index (χ3v) is 7.30. The average molecular weight is 511 g/mol. The number of carbonyl (C=O) groups is 1. The van der Waals surface area contributed by atoms with Gasteiger partial charge in [0.15, 0.2) is 0 Å². The molecule has 7 nitrogen and oxygen atoms in total. The van der Waals surface area contributed by atoms with Crippen molar-refractivity contribution in [1.29, 1.82) is 0 Å². The van der Waals surface area contributed by atoms with E-state index >= 15 is 0 Å². The zero-order valence-corrected chi connectivity index (χ0v) is 21.9. The number of anilines is 1. The summed E-state index contributed by atoms with van der Waals surface area (Å²) in [5.41, 5.74) is 3.93. The van der Waals surface area contributed by atoms with Crippen LogP contribution in [0.1, 0.15) is 37.1 Å². The van der Waals surface area contributed by atoms with Crippen LogP contribution in [0.4, 0.5) is 5.69 Å². The molecule has 0 unspecified atom stereocenters. The predicted octanol–water partition coefficient (Wildman–Crippen LogP) is 4.67. The van der Waals surface area contributed by atoms with Crippen molar-refractivity contribution in [1.82, 2.24) is 14.0 Å². The third-order valence-electron chi connectivity index (χ3n) is 7.30. The SMILES string of the molecule is CCOC(=O)[C@@H](c1ccccc1)N1CCN(c2ccc(-n3ccn([C@@H](C)c4ccccc4)c3=O)cc2)CC1. The molecule has 196 valence electrons. The molecular formula is C31H34N4O3. The van der Waals surface area contributed by atoms with E-state index in [4.69, 9.17) is 4.74 Å². The first-order chi connectivity index (χ1) is 18.6. The van der Waals surface area contributed by atoms with Crippen LogP contribution in [0.5, 0.6) is 0 Å². The number of imidazole rings is 1. The Hall–Kier alpha value is -4.10. The molecule has 1 aromatic heterocycles. The van der Waals surface area contributed by atoms with E-state index < -0.39 is 6.04 Å². The highest BCUT2D eigenvalue weighted by atomic mass is 16.5. The maximum Gasteiger partial charge on any atom is 0.333 e. The molecule has 5 rings (SSSR count). The zero-order chi connectivity index (χ0) is 26.5. The zero-order valence-electron chi connectivity index (χ0n) is 21.9. The van der Waals surface area contributed by atoms with Crippen LogP contribution in [0.3, 0.4) is 0 Å². The van der Waals surface area contributed by atoms with Crippen molar-refractivity contribution in [2.75, 3.05) is 37.7 Å². The number of nitrogens with zero attached hydrogens (tertiary/aromatic N) is 4. The highest BCUT2D eigenvalue weighted by molar-refractivity contribution is 5.77. The molecule has 0 N–H and O–H groups in total. The van der Waals surface area contributed by atoms with E-state index in [2.05, 4.69) is 21.9 Å². The summed E-state index contributed by atoms with van der Waals surface area (Å²) in [6.45, 7) is 7.34. The van der Waals surface area contributed by atoms with Crippen LogP contribution in [0.15, 0.2) is 102 Å². The van der Waals surface area contributed by atoms with Crippen molar-refractivity contribution in [2.24, 2.45) is 0 Å². The normalized spacial score (nSPS) is 15.7. The fourth-order valence-corrected chi connectivity index (χ4v) is 5.19. The minimum absolute atomic E-state index is 0.0464. The highest BCUT2D eigenvalue weighted by Gasteiger charge is 2.31. The van der Waals surface area contributed by atoms with E-state index in [1.165, 1.54) is 0 Å². The molecule has 1 saturated heterocycles. The van der Waals surface area contributed by atoms with Crippen molar-refractivity contribution in [3.63, 3.8) is 0 Å². The molecule has 4 aromatic rings. The Balaban J connectivity index is 1.27. The standard InChI is InChI=1S/C31H34N4O3/c1-3-38-30(36)29(26-12-8-5-9-13-26)33-20-18-32(19-21-33)27-14-16-28(17-15-27)35-23-22-34(31(35)37)24(2)25-10-6-4-7-11-25/h4-17,22-24,29H,3,18-21H2,1-2H3/t24-,29+/m0/s1.